The summed E-state index contributed by atoms with van der Waals surface area (Å²) < 4.78 is 0. The minimum Gasteiger partial charge on any atom is -0.314 e. The van der Waals surface area contributed by atoms with Crippen molar-refractivity contribution < 1.29 is 0 Å². The number of rotatable bonds is 8. The molecule has 0 bridgehead atoms. The predicted molar refractivity (Wildman–Crippen MR) is 91.7 cm³/mol. The second kappa shape index (κ2) is 8.16. The SMILES string of the molecule is CCNC(CCN(C)C(C)Cc1cccs1)C(C)(C)C. The summed E-state index contributed by atoms with van der Waals surface area (Å²) in [6.07, 6.45) is 2.37. The second-order valence-corrected chi connectivity index (χ2v) is 7.91. The van der Waals surface area contributed by atoms with Gasteiger partial charge in [-0.15, -0.1) is 11.3 Å². The van der Waals surface area contributed by atoms with Gasteiger partial charge in [0.05, 0.1) is 0 Å². The van der Waals surface area contributed by atoms with Gasteiger partial charge in [-0.1, -0.05) is 33.8 Å². The van der Waals surface area contributed by atoms with Crippen LogP contribution < -0.4 is 5.32 Å². The Morgan fingerprint density at radius 2 is 2.05 bits per heavy atom. The van der Waals surface area contributed by atoms with Gasteiger partial charge < -0.3 is 10.2 Å². The number of nitrogens with one attached hydrogen (secondary N) is 1. The van der Waals surface area contributed by atoms with E-state index in [9.17, 15) is 0 Å². The maximum absolute atomic E-state index is 3.64. The first-order chi connectivity index (χ1) is 9.34. The van der Waals surface area contributed by atoms with Gasteiger partial charge in [0, 0.05) is 17.0 Å². The molecule has 0 saturated heterocycles. The molecule has 1 aromatic heterocycles. The maximum atomic E-state index is 3.64. The summed E-state index contributed by atoms with van der Waals surface area (Å²) in [6.45, 7) is 13.7. The molecule has 0 aliphatic heterocycles. The summed E-state index contributed by atoms with van der Waals surface area (Å²) in [5, 5.41) is 5.81. The molecule has 116 valence electrons. The summed E-state index contributed by atoms with van der Waals surface area (Å²) in [6, 6.07) is 5.58. The van der Waals surface area contributed by atoms with E-state index in [0.717, 1.165) is 19.5 Å². The van der Waals surface area contributed by atoms with Gasteiger partial charge in [-0.3, -0.25) is 0 Å². The minimum absolute atomic E-state index is 0.327. The molecular weight excluding hydrogens is 264 g/mol. The third kappa shape index (κ3) is 5.94. The summed E-state index contributed by atoms with van der Waals surface area (Å²) in [5.41, 5.74) is 0.327. The van der Waals surface area contributed by atoms with Crippen LogP contribution in [0.15, 0.2) is 17.5 Å². The Labute approximate surface area is 129 Å². The van der Waals surface area contributed by atoms with Gasteiger partial charge in [-0.2, -0.15) is 0 Å². The average molecular weight is 297 g/mol. The number of hydrogen-bond donors (Lipinski definition) is 1. The predicted octanol–water partition coefficient (Wildman–Crippen LogP) is 4.03. The molecule has 0 aromatic carbocycles. The van der Waals surface area contributed by atoms with E-state index in [-0.39, 0.29) is 0 Å². The monoisotopic (exact) mass is 296 g/mol. The molecule has 20 heavy (non-hydrogen) atoms. The van der Waals surface area contributed by atoms with E-state index < -0.39 is 0 Å². The quantitative estimate of drug-likeness (QED) is 0.779. The van der Waals surface area contributed by atoms with Crippen molar-refractivity contribution in [2.75, 3.05) is 20.1 Å². The van der Waals surface area contributed by atoms with Crippen LogP contribution in [-0.4, -0.2) is 37.1 Å². The number of likely N-dealkylation sites (N-methyl/N-ethyl adjacent to an activating group) is 1. The molecule has 0 saturated carbocycles. The smallest absolute Gasteiger partial charge is 0.0128 e. The fraction of sp³-hybridized carbons (Fsp3) is 0.765. The van der Waals surface area contributed by atoms with E-state index in [2.05, 4.69) is 69.4 Å². The van der Waals surface area contributed by atoms with Crippen molar-refractivity contribution in [3.05, 3.63) is 22.4 Å². The molecule has 0 spiro atoms. The van der Waals surface area contributed by atoms with Crippen LogP contribution in [-0.2, 0) is 6.42 Å². The van der Waals surface area contributed by atoms with Gasteiger partial charge in [0.15, 0.2) is 0 Å². The van der Waals surface area contributed by atoms with Crippen molar-refractivity contribution in [2.45, 2.75) is 59.5 Å². The fourth-order valence-corrected chi connectivity index (χ4v) is 3.34. The molecule has 0 amide bonds. The van der Waals surface area contributed by atoms with Gasteiger partial charge in [0.25, 0.3) is 0 Å². The molecule has 0 radical (unpaired) electrons. The van der Waals surface area contributed by atoms with Gasteiger partial charge in [-0.05, 0) is 56.8 Å². The molecule has 0 aliphatic rings. The van der Waals surface area contributed by atoms with E-state index in [4.69, 9.17) is 0 Å². The van der Waals surface area contributed by atoms with Crippen LogP contribution in [0, 0.1) is 5.41 Å². The summed E-state index contributed by atoms with van der Waals surface area (Å²) in [5.74, 6) is 0. The number of thiophene rings is 1. The number of nitrogens with zero attached hydrogens (tertiary/aromatic N) is 1. The molecule has 1 aromatic rings. The van der Waals surface area contributed by atoms with Crippen LogP contribution in [0.4, 0.5) is 0 Å². The zero-order chi connectivity index (χ0) is 15.2. The van der Waals surface area contributed by atoms with Crippen molar-refractivity contribution in [2.24, 2.45) is 5.41 Å². The van der Waals surface area contributed by atoms with E-state index in [1.54, 1.807) is 0 Å². The summed E-state index contributed by atoms with van der Waals surface area (Å²) in [7, 11) is 2.25. The summed E-state index contributed by atoms with van der Waals surface area (Å²) in [4.78, 5) is 3.99. The Morgan fingerprint density at radius 3 is 2.55 bits per heavy atom. The standard InChI is InChI=1S/C17H32N2S/c1-7-18-16(17(3,4)5)10-11-19(6)14(2)13-15-9-8-12-20-15/h8-9,12,14,16,18H,7,10-11,13H2,1-6H3. The van der Waals surface area contributed by atoms with Crippen LogP contribution in [0.2, 0.25) is 0 Å². The highest BCUT2D eigenvalue weighted by molar-refractivity contribution is 7.09. The zero-order valence-corrected chi connectivity index (χ0v) is 14.9. The lowest BCUT2D eigenvalue weighted by Gasteiger charge is -2.34. The van der Waals surface area contributed by atoms with Crippen molar-refractivity contribution in [1.29, 1.82) is 0 Å². The van der Waals surface area contributed by atoms with Crippen LogP contribution >= 0.6 is 11.3 Å². The Hall–Kier alpha value is -0.380. The highest BCUT2D eigenvalue weighted by Gasteiger charge is 2.24. The van der Waals surface area contributed by atoms with Crippen molar-refractivity contribution in [3.8, 4) is 0 Å². The zero-order valence-electron chi connectivity index (χ0n) is 14.1. The highest BCUT2D eigenvalue weighted by atomic mass is 32.1. The first kappa shape index (κ1) is 17.7. The van der Waals surface area contributed by atoms with E-state index in [1.165, 1.54) is 11.3 Å². The minimum atomic E-state index is 0.327. The lowest BCUT2D eigenvalue weighted by molar-refractivity contribution is 0.198. The van der Waals surface area contributed by atoms with Gasteiger partial charge in [0.1, 0.15) is 0 Å². The average Bonchev–Trinajstić information content (AvgIpc) is 2.85. The first-order valence-corrected chi connectivity index (χ1v) is 8.68. The normalized spacial score (nSPS) is 15.6. The molecule has 0 aliphatic carbocycles. The van der Waals surface area contributed by atoms with Crippen LogP contribution in [0.1, 0.15) is 45.9 Å². The molecule has 2 nitrogen and oxygen atoms in total. The van der Waals surface area contributed by atoms with Crippen LogP contribution in [0.5, 0.6) is 0 Å². The van der Waals surface area contributed by atoms with E-state index >= 15 is 0 Å². The third-order valence-electron chi connectivity index (χ3n) is 4.10. The third-order valence-corrected chi connectivity index (χ3v) is 4.99. The molecule has 1 heterocycles. The fourth-order valence-electron chi connectivity index (χ4n) is 2.52. The molecular formula is C17H32N2S. The molecule has 0 fully saturated rings. The van der Waals surface area contributed by atoms with Gasteiger partial charge in [-0.25, -0.2) is 0 Å². The molecule has 2 unspecified atom stereocenters. The molecule has 1 N–H and O–H groups in total. The number of hydrogen-bond acceptors (Lipinski definition) is 3. The maximum Gasteiger partial charge on any atom is 0.0128 e. The van der Waals surface area contributed by atoms with E-state index in [0.29, 0.717) is 17.5 Å². The molecule has 3 heteroatoms. The largest absolute Gasteiger partial charge is 0.314 e. The van der Waals surface area contributed by atoms with Crippen molar-refractivity contribution in [3.63, 3.8) is 0 Å². The first-order valence-electron chi connectivity index (χ1n) is 7.80. The lowest BCUT2D eigenvalue weighted by Crippen LogP contribution is -2.43. The molecule has 1 rings (SSSR count). The summed E-state index contributed by atoms with van der Waals surface area (Å²) >= 11 is 1.87. The van der Waals surface area contributed by atoms with Crippen molar-refractivity contribution >= 4 is 11.3 Å². The van der Waals surface area contributed by atoms with Gasteiger partial charge in [0.2, 0.25) is 0 Å². The lowest BCUT2D eigenvalue weighted by atomic mass is 9.84. The Balaban J connectivity index is 2.42. The second-order valence-electron chi connectivity index (χ2n) is 6.88. The Bertz CT molecular complexity index is 354. The highest BCUT2D eigenvalue weighted by Crippen LogP contribution is 2.22. The van der Waals surface area contributed by atoms with E-state index in [1.807, 2.05) is 11.3 Å². The Morgan fingerprint density at radius 1 is 1.35 bits per heavy atom. The topological polar surface area (TPSA) is 15.3 Å². The molecule has 2 atom stereocenters. The van der Waals surface area contributed by atoms with Crippen molar-refractivity contribution in [1.82, 2.24) is 10.2 Å². The van der Waals surface area contributed by atoms with Crippen LogP contribution in [0.25, 0.3) is 0 Å². The van der Waals surface area contributed by atoms with Crippen LogP contribution in [0.3, 0.4) is 0 Å². The Kier molecular flexibility index (Phi) is 7.21. The van der Waals surface area contributed by atoms with Gasteiger partial charge >= 0.3 is 0 Å².